The third-order valence-electron chi connectivity index (χ3n) is 4.64. The Bertz CT molecular complexity index is 765. The lowest BCUT2D eigenvalue weighted by atomic mass is 10.0. The monoisotopic (exact) mass is 412 g/mol. The van der Waals surface area contributed by atoms with Crippen molar-refractivity contribution in [1.29, 1.82) is 0 Å². The maximum absolute atomic E-state index is 12.5. The Morgan fingerprint density at radius 3 is 2.20 bits per heavy atom. The Morgan fingerprint density at radius 1 is 0.933 bits per heavy atom. The zero-order valence-electron chi connectivity index (χ0n) is 18.0. The van der Waals surface area contributed by atoms with E-state index in [4.69, 9.17) is 9.47 Å². The van der Waals surface area contributed by atoms with Crippen LogP contribution in [0.3, 0.4) is 0 Å². The number of nitrogens with one attached hydrogen (secondary N) is 2. The van der Waals surface area contributed by atoms with Gasteiger partial charge in [0.15, 0.2) is 6.61 Å². The molecular weight excluding hydrogens is 380 g/mol. The highest BCUT2D eigenvalue weighted by Gasteiger charge is 2.24. The molecule has 2 rings (SSSR count). The average Bonchev–Trinajstić information content (AvgIpc) is 2.76. The van der Waals surface area contributed by atoms with E-state index in [9.17, 15) is 9.59 Å². The molecule has 0 fully saturated rings. The van der Waals surface area contributed by atoms with Crippen LogP contribution in [0.15, 0.2) is 60.7 Å². The molecule has 0 aromatic heterocycles. The van der Waals surface area contributed by atoms with Crippen molar-refractivity contribution >= 4 is 11.8 Å². The summed E-state index contributed by atoms with van der Waals surface area (Å²) in [4.78, 5) is 24.7. The van der Waals surface area contributed by atoms with Gasteiger partial charge in [0.1, 0.15) is 11.8 Å². The highest BCUT2D eigenvalue weighted by Crippen LogP contribution is 2.15. The van der Waals surface area contributed by atoms with Gasteiger partial charge in [0.25, 0.3) is 5.91 Å². The standard InChI is InChI=1S/C24H32N2O4/c1-18(2)23(26-22(27)17-30-21-13-8-5-9-14-21)24(28)25-15-10-16-29-19(3)20-11-6-4-7-12-20/h4-9,11-14,18-19,23H,10,15-17H2,1-3H3,(H,25,28)(H,26,27). The molecule has 2 amide bonds. The molecule has 6 nitrogen and oxygen atoms in total. The van der Waals surface area contributed by atoms with Gasteiger partial charge in [-0.3, -0.25) is 9.59 Å². The minimum atomic E-state index is -0.610. The van der Waals surface area contributed by atoms with Crippen LogP contribution < -0.4 is 15.4 Å². The summed E-state index contributed by atoms with van der Waals surface area (Å²) in [7, 11) is 0. The van der Waals surface area contributed by atoms with Gasteiger partial charge in [0, 0.05) is 13.2 Å². The fourth-order valence-corrected chi connectivity index (χ4v) is 2.89. The van der Waals surface area contributed by atoms with Gasteiger partial charge < -0.3 is 20.1 Å². The summed E-state index contributed by atoms with van der Waals surface area (Å²) in [5, 5.41) is 5.64. The summed E-state index contributed by atoms with van der Waals surface area (Å²) >= 11 is 0. The van der Waals surface area contributed by atoms with Crippen LogP contribution in [0, 0.1) is 5.92 Å². The molecule has 2 unspecified atom stereocenters. The lowest BCUT2D eigenvalue weighted by Crippen LogP contribution is -2.51. The van der Waals surface area contributed by atoms with E-state index in [2.05, 4.69) is 10.6 Å². The van der Waals surface area contributed by atoms with Crippen LogP contribution in [-0.2, 0) is 14.3 Å². The maximum atomic E-state index is 12.5. The van der Waals surface area contributed by atoms with E-state index in [1.165, 1.54) is 0 Å². The van der Waals surface area contributed by atoms with Gasteiger partial charge in [-0.2, -0.15) is 0 Å². The molecule has 30 heavy (non-hydrogen) atoms. The predicted molar refractivity (Wildman–Crippen MR) is 117 cm³/mol. The van der Waals surface area contributed by atoms with E-state index >= 15 is 0 Å². The van der Waals surface area contributed by atoms with E-state index in [-0.39, 0.29) is 30.4 Å². The number of benzene rings is 2. The van der Waals surface area contributed by atoms with Crippen molar-refractivity contribution in [3.05, 3.63) is 66.2 Å². The lowest BCUT2D eigenvalue weighted by Gasteiger charge is -2.22. The number of carbonyl (C=O) groups is 2. The van der Waals surface area contributed by atoms with Crippen molar-refractivity contribution in [2.45, 2.75) is 39.3 Å². The number of hydrogen-bond acceptors (Lipinski definition) is 4. The van der Waals surface area contributed by atoms with Gasteiger partial charge in [-0.15, -0.1) is 0 Å². The van der Waals surface area contributed by atoms with E-state index in [0.717, 1.165) is 5.56 Å². The minimum Gasteiger partial charge on any atom is -0.484 e. The lowest BCUT2D eigenvalue weighted by molar-refractivity contribution is -0.131. The normalized spacial score (nSPS) is 12.8. The molecule has 2 aromatic carbocycles. The smallest absolute Gasteiger partial charge is 0.258 e. The number of ether oxygens (including phenoxy) is 2. The summed E-state index contributed by atoms with van der Waals surface area (Å²) < 4.78 is 11.3. The number of amides is 2. The van der Waals surface area contributed by atoms with Crippen LogP contribution >= 0.6 is 0 Å². The van der Waals surface area contributed by atoms with Crippen LogP contribution in [0.1, 0.15) is 38.9 Å². The van der Waals surface area contributed by atoms with Gasteiger partial charge in [-0.1, -0.05) is 62.4 Å². The molecule has 2 atom stereocenters. The fraction of sp³-hybridized carbons (Fsp3) is 0.417. The van der Waals surface area contributed by atoms with Crippen LogP contribution in [0.2, 0.25) is 0 Å². The SMILES string of the molecule is CC(OCCCNC(=O)C(NC(=O)COc1ccccc1)C(C)C)c1ccccc1. The minimum absolute atomic E-state index is 0.00853. The molecule has 0 spiro atoms. The Hall–Kier alpha value is -2.86. The van der Waals surface area contributed by atoms with Crippen molar-refractivity contribution < 1.29 is 19.1 Å². The maximum Gasteiger partial charge on any atom is 0.258 e. The summed E-state index contributed by atoms with van der Waals surface area (Å²) in [5.74, 6) is 0.0462. The second kappa shape index (κ2) is 12.6. The molecule has 6 heteroatoms. The van der Waals surface area contributed by atoms with E-state index in [0.29, 0.717) is 25.3 Å². The Balaban J connectivity index is 1.68. The van der Waals surface area contributed by atoms with Gasteiger partial charge >= 0.3 is 0 Å². The highest BCUT2D eigenvalue weighted by molar-refractivity contribution is 5.88. The number of rotatable bonds is 12. The first-order chi connectivity index (χ1) is 14.5. The highest BCUT2D eigenvalue weighted by atomic mass is 16.5. The van der Waals surface area contributed by atoms with Gasteiger partial charge in [0.2, 0.25) is 5.91 Å². The van der Waals surface area contributed by atoms with Gasteiger partial charge in [-0.05, 0) is 37.0 Å². The molecule has 0 aliphatic rings. The quantitative estimate of drug-likeness (QED) is 0.523. The van der Waals surface area contributed by atoms with Crippen LogP contribution in [0.25, 0.3) is 0 Å². The van der Waals surface area contributed by atoms with Gasteiger partial charge in [0.05, 0.1) is 6.10 Å². The summed E-state index contributed by atoms with van der Waals surface area (Å²) in [6.45, 7) is 6.70. The zero-order valence-corrected chi connectivity index (χ0v) is 18.0. The molecule has 0 aliphatic carbocycles. The van der Waals surface area contributed by atoms with Crippen LogP contribution in [0.4, 0.5) is 0 Å². The molecule has 0 radical (unpaired) electrons. The second-order valence-electron chi connectivity index (χ2n) is 7.46. The summed E-state index contributed by atoms with van der Waals surface area (Å²) in [6.07, 6.45) is 0.702. The molecule has 0 saturated heterocycles. The first-order valence-electron chi connectivity index (χ1n) is 10.4. The van der Waals surface area contributed by atoms with E-state index in [1.807, 2.05) is 69.3 Å². The van der Waals surface area contributed by atoms with E-state index in [1.54, 1.807) is 12.1 Å². The van der Waals surface area contributed by atoms with Crippen LogP contribution in [-0.4, -0.2) is 37.6 Å². The third kappa shape index (κ3) is 8.25. The number of carbonyl (C=O) groups excluding carboxylic acids is 2. The molecule has 0 aliphatic heterocycles. The topological polar surface area (TPSA) is 76.7 Å². The first-order valence-corrected chi connectivity index (χ1v) is 10.4. The van der Waals surface area contributed by atoms with Crippen molar-refractivity contribution in [3.63, 3.8) is 0 Å². The Morgan fingerprint density at radius 2 is 1.57 bits per heavy atom. The van der Waals surface area contributed by atoms with Crippen LogP contribution in [0.5, 0.6) is 5.75 Å². The molecule has 0 bridgehead atoms. The number of para-hydroxylation sites is 1. The Labute approximate surface area is 179 Å². The van der Waals surface area contributed by atoms with Crippen molar-refractivity contribution in [1.82, 2.24) is 10.6 Å². The molecule has 162 valence electrons. The van der Waals surface area contributed by atoms with Crippen molar-refractivity contribution in [3.8, 4) is 5.75 Å². The predicted octanol–water partition coefficient (Wildman–Crippen LogP) is 3.49. The average molecular weight is 413 g/mol. The number of hydrogen-bond donors (Lipinski definition) is 2. The largest absolute Gasteiger partial charge is 0.484 e. The fourth-order valence-electron chi connectivity index (χ4n) is 2.89. The van der Waals surface area contributed by atoms with Gasteiger partial charge in [-0.25, -0.2) is 0 Å². The first kappa shape index (κ1) is 23.4. The summed E-state index contributed by atoms with van der Waals surface area (Å²) in [6, 6.07) is 18.5. The third-order valence-corrected chi connectivity index (χ3v) is 4.64. The molecule has 0 saturated carbocycles. The molecule has 2 N–H and O–H groups in total. The zero-order chi connectivity index (χ0) is 21.8. The second-order valence-corrected chi connectivity index (χ2v) is 7.46. The summed E-state index contributed by atoms with van der Waals surface area (Å²) in [5.41, 5.74) is 1.13. The molecule has 2 aromatic rings. The molecule has 0 heterocycles. The van der Waals surface area contributed by atoms with Crippen molar-refractivity contribution in [2.75, 3.05) is 19.8 Å². The van der Waals surface area contributed by atoms with Crippen molar-refractivity contribution in [2.24, 2.45) is 5.92 Å². The Kier molecular flexibility index (Phi) is 9.87. The molecular formula is C24H32N2O4. The van der Waals surface area contributed by atoms with E-state index < -0.39 is 6.04 Å².